The number of hydrogen-bond donors (Lipinski definition) is 2. The van der Waals surface area contributed by atoms with Crippen LogP contribution in [0.25, 0.3) is 15.9 Å². The van der Waals surface area contributed by atoms with Crippen molar-refractivity contribution in [2.45, 2.75) is 4.34 Å². The van der Waals surface area contributed by atoms with E-state index >= 15 is 0 Å². The highest BCUT2D eigenvalue weighted by atomic mass is 32.2. The summed E-state index contributed by atoms with van der Waals surface area (Å²) in [7, 11) is 1.24. The Kier molecular flexibility index (Phi) is 4.83. The monoisotopic (exact) mass is 388 g/mol. The summed E-state index contributed by atoms with van der Waals surface area (Å²) < 4.78 is 7.72. The Morgan fingerprint density at radius 2 is 2.27 bits per heavy atom. The molecular formula is C16H12N4O4S2. The molecule has 8 nitrogen and oxygen atoms in total. The second-order valence-corrected chi connectivity index (χ2v) is 7.35. The zero-order valence-corrected chi connectivity index (χ0v) is 15.1. The molecule has 0 aliphatic carbocycles. The number of nitrogens with two attached hydrogens (primary N) is 1. The number of carbonyl (C=O) groups is 2. The summed E-state index contributed by atoms with van der Waals surface area (Å²) in [6, 6.07) is 7.24. The van der Waals surface area contributed by atoms with E-state index in [1.165, 1.54) is 29.2 Å². The minimum atomic E-state index is -0.912. The van der Waals surface area contributed by atoms with Crippen molar-refractivity contribution < 1.29 is 19.4 Å². The number of ether oxygens (including phenoxy) is 1. The van der Waals surface area contributed by atoms with Crippen LogP contribution in [0.15, 0.2) is 28.7 Å². The van der Waals surface area contributed by atoms with Gasteiger partial charge >= 0.3 is 11.9 Å². The molecule has 10 heteroatoms. The van der Waals surface area contributed by atoms with Crippen molar-refractivity contribution in [3.63, 3.8) is 0 Å². The summed E-state index contributed by atoms with van der Waals surface area (Å²) in [5.41, 5.74) is 7.54. The van der Waals surface area contributed by atoms with E-state index in [2.05, 4.69) is 4.98 Å². The predicted molar refractivity (Wildman–Crippen MR) is 97.8 cm³/mol. The molecule has 3 rings (SSSR count). The number of anilines is 1. The molecule has 0 saturated heterocycles. The molecule has 2 aromatic heterocycles. The summed E-state index contributed by atoms with van der Waals surface area (Å²) in [4.78, 5) is 27.1. The number of aliphatic carboxylic acids is 1. The molecule has 2 heterocycles. The van der Waals surface area contributed by atoms with Crippen LogP contribution < -0.4 is 5.73 Å². The largest absolute Gasteiger partial charge is 0.481 e. The molecule has 0 spiro atoms. The molecule has 0 unspecified atom stereocenters. The number of hydrogen-bond acceptors (Lipinski definition) is 8. The van der Waals surface area contributed by atoms with Gasteiger partial charge in [-0.15, -0.1) is 11.3 Å². The lowest BCUT2D eigenvalue weighted by Crippen LogP contribution is -2.11. The van der Waals surface area contributed by atoms with E-state index in [0.717, 1.165) is 16.5 Å². The van der Waals surface area contributed by atoms with E-state index in [0.29, 0.717) is 15.5 Å². The molecule has 0 fully saturated rings. The Morgan fingerprint density at radius 3 is 2.92 bits per heavy atom. The van der Waals surface area contributed by atoms with E-state index in [4.69, 9.17) is 15.6 Å². The molecule has 3 N–H and O–H groups in total. The molecule has 1 aromatic carbocycles. The van der Waals surface area contributed by atoms with Crippen molar-refractivity contribution in [1.82, 2.24) is 9.55 Å². The normalized spacial score (nSPS) is 10.6. The number of benzene rings is 1. The molecule has 0 atom stereocenters. The average Bonchev–Trinajstić information content (AvgIpc) is 3.18. The number of rotatable bonds is 5. The minimum Gasteiger partial charge on any atom is -0.481 e. The smallest absolute Gasteiger partial charge is 0.357 e. The summed E-state index contributed by atoms with van der Waals surface area (Å²) in [6.07, 6.45) is 1.48. The molecule has 0 saturated carbocycles. The van der Waals surface area contributed by atoms with E-state index < -0.39 is 11.9 Å². The Morgan fingerprint density at radius 1 is 1.50 bits per heavy atom. The number of nitrogens with zero attached hydrogens (tertiary/aromatic N) is 3. The van der Waals surface area contributed by atoms with E-state index in [9.17, 15) is 14.9 Å². The van der Waals surface area contributed by atoms with Crippen LogP contribution in [0.3, 0.4) is 0 Å². The van der Waals surface area contributed by atoms with Gasteiger partial charge in [-0.3, -0.25) is 4.79 Å². The lowest BCUT2D eigenvalue weighted by molar-refractivity contribution is -0.133. The first-order valence-electron chi connectivity index (χ1n) is 7.19. The maximum atomic E-state index is 12.1. The Bertz CT molecular complexity index is 1060. The van der Waals surface area contributed by atoms with E-state index in [1.54, 1.807) is 18.2 Å². The van der Waals surface area contributed by atoms with Crippen LogP contribution in [0.2, 0.25) is 0 Å². The van der Waals surface area contributed by atoms with Crippen molar-refractivity contribution in [3.05, 3.63) is 35.7 Å². The average molecular weight is 388 g/mol. The molecule has 0 radical (unpaired) electrons. The van der Waals surface area contributed by atoms with Gasteiger partial charge in [0.2, 0.25) is 0 Å². The number of esters is 1. The van der Waals surface area contributed by atoms with Crippen molar-refractivity contribution in [1.29, 1.82) is 5.26 Å². The number of carboxylic acids is 1. The summed E-state index contributed by atoms with van der Waals surface area (Å²) in [5.74, 6) is -1.63. The molecule has 0 bridgehead atoms. The summed E-state index contributed by atoms with van der Waals surface area (Å²) in [5, 5.41) is 18.0. The topological polar surface area (TPSA) is 131 Å². The lowest BCUT2D eigenvalue weighted by Gasteiger charge is -2.08. The highest BCUT2D eigenvalue weighted by molar-refractivity contribution is 8.01. The van der Waals surface area contributed by atoms with Crippen LogP contribution in [0, 0.1) is 11.3 Å². The molecule has 3 aromatic rings. The van der Waals surface area contributed by atoms with Gasteiger partial charge < -0.3 is 20.1 Å². The van der Waals surface area contributed by atoms with Crippen LogP contribution in [0.1, 0.15) is 16.1 Å². The Balaban J connectivity index is 2.07. The minimum absolute atomic E-state index is 0.0569. The maximum absolute atomic E-state index is 12.1. The van der Waals surface area contributed by atoms with Gasteiger partial charge in [-0.1, -0.05) is 11.8 Å². The third-order valence-electron chi connectivity index (χ3n) is 3.49. The van der Waals surface area contributed by atoms with Gasteiger partial charge in [0.15, 0.2) is 10.0 Å². The van der Waals surface area contributed by atoms with Crippen LogP contribution in [0.4, 0.5) is 5.69 Å². The molecular weight excluding hydrogens is 376 g/mol. The number of nitriles is 1. The van der Waals surface area contributed by atoms with Gasteiger partial charge in [0.25, 0.3) is 0 Å². The van der Waals surface area contributed by atoms with Gasteiger partial charge in [-0.2, -0.15) is 5.26 Å². The second-order valence-electron chi connectivity index (χ2n) is 5.09. The van der Waals surface area contributed by atoms with Gasteiger partial charge in [-0.25, -0.2) is 9.78 Å². The number of thioether (sulfide) groups is 1. The zero-order valence-electron chi connectivity index (χ0n) is 13.4. The molecule has 0 aliphatic heterocycles. The maximum Gasteiger partial charge on any atom is 0.357 e. The SMILES string of the molecule is COC(=O)c1c(N)c(C#N)cn1-c1ccc2nc(SCC(=O)O)sc2c1. The Hall–Kier alpha value is -3.03. The quantitative estimate of drug-likeness (QED) is 0.503. The van der Waals surface area contributed by atoms with Crippen molar-refractivity contribution in [2.75, 3.05) is 18.6 Å². The highest BCUT2D eigenvalue weighted by Gasteiger charge is 2.22. The third-order valence-corrected chi connectivity index (χ3v) is 5.64. The molecule has 132 valence electrons. The summed E-state index contributed by atoms with van der Waals surface area (Å²) in [6.45, 7) is 0. The highest BCUT2D eigenvalue weighted by Crippen LogP contribution is 2.32. The zero-order chi connectivity index (χ0) is 18.8. The molecule has 26 heavy (non-hydrogen) atoms. The molecule has 0 aliphatic rings. The number of methoxy groups -OCH3 is 1. The van der Waals surface area contributed by atoms with Crippen LogP contribution in [-0.2, 0) is 9.53 Å². The fourth-order valence-electron chi connectivity index (χ4n) is 2.35. The van der Waals surface area contributed by atoms with Crippen LogP contribution in [0.5, 0.6) is 0 Å². The van der Waals surface area contributed by atoms with Crippen LogP contribution >= 0.6 is 23.1 Å². The first kappa shape index (κ1) is 17.8. The first-order chi connectivity index (χ1) is 12.4. The second kappa shape index (κ2) is 7.07. The third kappa shape index (κ3) is 3.22. The number of thiazole rings is 1. The van der Waals surface area contributed by atoms with Gasteiger partial charge in [0.1, 0.15) is 6.07 Å². The Labute approximate surface area is 155 Å². The van der Waals surface area contributed by atoms with Gasteiger partial charge in [-0.05, 0) is 18.2 Å². The fraction of sp³-hybridized carbons (Fsp3) is 0.125. The van der Waals surface area contributed by atoms with Crippen LogP contribution in [-0.4, -0.2) is 39.5 Å². The fourth-order valence-corrected chi connectivity index (χ4v) is 4.17. The lowest BCUT2D eigenvalue weighted by atomic mass is 10.2. The van der Waals surface area contributed by atoms with Crippen molar-refractivity contribution in [3.8, 4) is 11.8 Å². The first-order valence-corrected chi connectivity index (χ1v) is 8.99. The van der Waals surface area contributed by atoms with Gasteiger partial charge in [0.05, 0.1) is 34.3 Å². The van der Waals surface area contributed by atoms with E-state index in [-0.39, 0.29) is 22.7 Å². The number of nitrogen functional groups attached to an aromatic ring is 1. The number of carboxylic acid groups (broad SMARTS) is 1. The van der Waals surface area contributed by atoms with Gasteiger partial charge in [0, 0.05) is 11.9 Å². The number of aromatic nitrogens is 2. The molecule has 0 amide bonds. The van der Waals surface area contributed by atoms with E-state index in [1.807, 2.05) is 6.07 Å². The predicted octanol–water partition coefficient (Wildman–Crippen LogP) is 2.50. The summed E-state index contributed by atoms with van der Waals surface area (Å²) >= 11 is 2.49. The van der Waals surface area contributed by atoms with Crippen molar-refractivity contribution in [2.24, 2.45) is 0 Å². The standard InChI is InChI=1S/C16H12N4O4S2/c1-24-15(23)14-13(18)8(5-17)6-20(14)9-2-3-10-11(4-9)26-16(19-10)25-7-12(21)22/h2-4,6H,7,18H2,1H3,(H,21,22). The number of carbonyl (C=O) groups excluding carboxylic acids is 1. The number of fused-ring (bicyclic) bond motifs is 1. The van der Waals surface area contributed by atoms with Crippen molar-refractivity contribution >= 4 is 50.9 Å².